The van der Waals surface area contributed by atoms with E-state index in [-0.39, 0.29) is 18.4 Å². The van der Waals surface area contributed by atoms with Crippen LogP contribution >= 0.6 is 22.7 Å². The predicted molar refractivity (Wildman–Crippen MR) is 96.9 cm³/mol. The van der Waals surface area contributed by atoms with E-state index in [4.69, 9.17) is 0 Å². The van der Waals surface area contributed by atoms with Crippen LogP contribution in [0.2, 0.25) is 0 Å². The molecule has 1 aliphatic rings. The van der Waals surface area contributed by atoms with Crippen LogP contribution in [0.3, 0.4) is 0 Å². The maximum absolute atomic E-state index is 12.7. The lowest BCUT2D eigenvalue weighted by molar-refractivity contribution is -0.120. The molecule has 0 radical (unpaired) electrons. The summed E-state index contributed by atoms with van der Waals surface area (Å²) in [6.07, 6.45) is 5.05. The predicted octanol–water partition coefficient (Wildman–Crippen LogP) is 2.09. The number of rotatable bonds is 3. The highest BCUT2D eigenvalue weighted by Crippen LogP contribution is 2.28. The van der Waals surface area contributed by atoms with Crippen molar-refractivity contribution < 1.29 is 9.59 Å². The van der Waals surface area contributed by atoms with E-state index >= 15 is 0 Å². The molecule has 128 valence electrons. The van der Waals surface area contributed by atoms with Gasteiger partial charge in [0.1, 0.15) is 16.4 Å². The molecule has 0 atom stereocenters. The van der Waals surface area contributed by atoms with Gasteiger partial charge in [0.2, 0.25) is 5.91 Å². The number of thiazole rings is 1. The fourth-order valence-electron chi connectivity index (χ4n) is 2.72. The molecule has 4 rings (SSSR count). The highest BCUT2D eigenvalue weighted by molar-refractivity contribution is 7.17. The minimum atomic E-state index is -0.141. The number of carbonyl (C=O) groups is 2. The first-order valence-corrected chi connectivity index (χ1v) is 9.44. The lowest BCUT2D eigenvalue weighted by Crippen LogP contribution is -2.52. The van der Waals surface area contributed by atoms with Crippen molar-refractivity contribution in [2.24, 2.45) is 7.05 Å². The number of anilines is 1. The Balaban J connectivity index is 1.46. The normalized spacial score (nSPS) is 15.0. The van der Waals surface area contributed by atoms with Crippen molar-refractivity contribution in [1.82, 2.24) is 19.7 Å². The van der Waals surface area contributed by atoms with E-state index in [0.717, 1.165) is 16.3 Å². The van der Waals surface area contributed by atoms with E-state index in [2.05, 4.69) is 10.1 Å². The standard InChI is InChI=1S/C16H15N5O2S2/c1-19-8-12(6-18-19)21-4-3-20(9-14(21)22)16(23)13-7-17-15(25-13)11-2-5-24-10-11/h2,5-8,10H,3-4,9H2,1H3. The number of piperazine rings is 1. The molecule has 1 aliphatic heterocycles. The first-order chi connectivity index (χ1) is 12.1. The summed E-state index contributed by atoms with van der Waals surface area (Å²) in [5.41, 5.74) is 1.78. The Morgan fingerprint density at radius 1 is 1.28 bits per heavy atom. The van der Waals surface area contributed by atoms with Crippen LogP contribution in [0.15, 0.2) is 35.4 Å². The Hall–Kier alpha value is -2.52. The van der Waals surface area contributed by atoms with E-state index in [0.29, 0.717) is 18.0 Å². The molecule has 0 bridgehead atoms. The largest absolute Gasteiger partial charge is 0.327 e. The van der Waals surface area contributed by atoms with Gasteiger partial charge in [-0.1, -0.05) is 0 Å². The van der Waals surface area contributed by atoms with Crippen molar-refractivity contribution >= 4 is 40.2 Å². The number of amides is 2. The van der Waals surface area contributed by atoms with Crippen molar-refractivity contribution in [2.45, 2.75) is 0 Å². The topological polar surface area (TPSA) is 71.3 Å². The van der Waals surface area contributed by atoms with Crippen molar-refractivity contribution in [3.8, 4) is 10.6 Å². The molecule has 4 heterocycles. The second-order valence-corrected chi connectivity index (χ2v) is 7.50. The van der Waals surface area contributed by atoms with Gasteiger partial charge in [-0.3, -0.25) is 14.3 Å². The van der Waals surface area contributed by atoms with Crippen molar-refractivity contribution in [2.75, 3.05) is 24.5 Å². The zero-order chi connectivity index (χ0) is 17.4. The van der Waals surface area contributed by atoms with Crippen molar-refractivity contribution in [3.63, 3.8) is 0 Å². The summed E-state index contributed by atoms with van der Waals surface area (Å²) in [4.78, 5) is 33.3. The Bertz CT molecular complexity index is 915. The van der Waals surface area contributed by atoms with Crippen LogP contribution < -0.4 is 4.90 Å². The second kappa shape index (κ2) is 6.41. The quantitative estimate of drug-likeness (QED) is 0.705. The molecule has 0 aliphatic carbocycles. The molecule has 2 amide bonds. The summed E-state index contributed by atoms with van der Waals surface area (Å²) in [5.74, 6) is -0.242. The molecule has 0 spiro atoms. The van der Waals surface area contributed by atoms with Gasteiger partial charge in [0.15, 0.2) is 0 Å². The van der Waals surface area contributed by atoms with Crippen LogP contribution in [0.4, 0.5) is 5.69 Å². The third kappa shape index (κ3) is 3.08. The molecule has 0 aromatic carbocycles. The van der Waals surface area contributed by atoms with Gasteiger partial charge in [-0.2, -0.15) is 16.4 Å². The van der Waals surface area contributed by atoms with Gasteiger partial charge in [0.25, 0.3) is 5.91 Å². The fourth-order valence-corrected chi connectivity index (χ4v) is 4.31. The van der Waals surface area contributed by atoms with Gasteiger partial charge in [-0.05, 0) is 11.4 Å². The maximum atomic E-state index is 12.7. The average molecular weight is 373 g/mol. The van der Waals surface area contributed by atoms with Crippen LogP contribution in [0.5, 0.6) is 0 Å². The van der Waals surface area contributed by atoms with Crippen molar-refractivity contribution in [1.29, 1.82) is 0 Å². The molecule has 3 aromatic rings. The van der Waals surface area contributed by atoms with Crippen LogP contribution in [0.25, 0.3) is 10.6 Å². The average Bonchev–Trinajstić information content (AvgIpc) is 3.35. The Morgan fingerprint density at radius 2 is 2.16 bits per heavy atom. The highest BCUT2D eigenvalue weighted by Gasteiger charge is 2.30. The summed E-state index contributed by atoms with van der Waals surface area (Å²) in [6.45, 7) is 1.02. The third-order valence-corrected chi connectivity index (χ3v) is 5.71. The number of nitrogens with zero attached hydrogens (tertiary/aromatic N) is 5. The van der Waals surface area contributed by atoms with E-state index < -0.39 is 0 Å². The molecule has 1 fully saturated rings. The first kappa shape index (κ1) is 16.0. The smallest absolute Gasteiger partial charge is 0.266 e. The van der Waals surface area contributed by atoms with Gasteiger partial charge in [0.05, 0.1) is 18.1 Å². The zero-order valence-electron chi connectivity index (χ0n) is 13.5. The summed E-state index contributed by atoms with van der Waals surface area (Å²) in [6, 6.07) is 1.98. The molecule has 25 heavy (non-hydrogen) atoms. The van der Waals surface area contributed by atoms with E-state index in [1.807, 2.05) is 23.9 Å². The van der Waals surface area contributed by atoms with Crippen LogP contribution in [-0.2, 0) is 11.8 Å². The lowest BCUT2D eigenvalue weighted by Gasteiger charge is -2.33. The molecule has 0 saturated carbocycles. The zero-order valence-corrected chi connectivity index (χ0v) is 15.1. The number of hydrogen-bond donors (Lipinski definition) is 0. The molecule has 0 N–H and O–H groups in total. The summed E-state index contributed by atoms with van der Waals surface area (Å²) >= 11 is 2.95. The van der Waals surface area contributed by atoms with Gasteiger partial charge in [-0.15, -0.1) is 11.3 Å². The van der Waals surface area contributed by atoms with E-state index in [1.165, 1.54) is 11.3 Å². The maximum Gasteiger partial charge on any atom is 0.266 e. The van der Waals surface area contributed by atoms with Gasteiger partial charge in [-0.25, -0.2) is 4.98 Å². The lowest BCUT2D eigenvalue weighted by atomic mass is 10.2. The number of hydrogen-bond acceptors (Lipinski definition) is 6. The molecular weight excluding hydrogens is 358 g/mol. The van der Waals surface area contributed by atoms with Gasteiger partial charge < -0.3 is 9.80 Å². The summed E-state index contributed by atoms with van der Waals surface area (Å²) in [7, 11) is 1.81. The minimum absolute atomic E-state index is 0.0689. The number of carbonyl (C=O) groups excluding carboxylic acids is 2. The minimum Gasteiger partial charge on any atom is -0.327 e. The Morgan fingerprint density at radius 3 is 2.84 bits per heavy atom. The number of aryl methyl sites for hydroxylation is 1. The summed E-state index contributed by atoms with van der Waals surface area (Å²) < 4.78 is 1.66. The van der Waals surface area contributed by atoms with E-state index in [9.17, 15) is 9.59 Å². The summed E-state index contributed by atoms with van der Waals surface area (Å²) in [5, 5.41) is 8.90. The molecule has 7 nitrogen and oxygen atoms in total. The third-order valence-electron chi connectivity index (χ3n) is 4.00. The molecule has 3 aromatic heterocycles. The molecule has 9 heteroatoms. The molecular formula is C16H15N5O2S2. The number of thiophene rings is 1. The Labute approximate surface area is 152 Å². The van der Waals surface area contributed by atoms with Crippen LogP contribution in [0.1, 0.15) is 9.67 Å². The fraction of sp³-hybridized carbons (Fsp3) is 0.250. The number of aromatic nitrogens is 3. The van der Waals surface area contributed by atoms with Crippen molar-refractivity contribution in [3.05, 3.63) is 40.3 Å². The SMILES string of the molecule is Cn1cc(N2CCN(C(=O)c3cnc(-c4ccsc4)s3)CC2=O)cn1. The van der Waals surface area contributed by atoms with E-state index in [1.54, 1.807) is 44.4 Å². The second-order valence-electron chi connectivity index (χ2n) is 5.69. The highest BCUT2D eigenvalue weighted by atomic mass is 32.1. The van der Waals surface area contributed by atoms with Crippen LogP contribution in [0, 0.1) is 0 Å². The Kier molecular flexibility index (Phi) is 4.10. The monoisotopic (exact) mass is 373 g/mol. The molecule has 0 unspecified atom stereocenters. The van der Waals surface area contributed by atoms with Crippen LogP contribution in [-0.4, -0.2) is 51.1 Å². The van der Waals surface area contributed by atoms with Gasteiger partial charge in [0, 0.05) is 37.3 Å². The first-order valence-electron chi connectivity index (χ1n) is 7.68. The van der Waals surface area contributed by atoms with Gasteiger partial charge >= 0.3 is 0 Å². The molecule has 1 saturated heterocycles.